The molecule has 1 aromatic carbocycles. The van der Waals surface area contributed by atoms with Gasteiger partial charge in [-0.25, -0.2) is 14.4 Å². The molecule has 0 atom stereocenters. The molecular weight excluding hydrogens is 420 g/mol. The molecule has 184 valence electrons. The van der Waals surface area contributed by atoms with E-state index in [9.17, 15) is 14.4 Å². The minimum atomic E-state index is -0.734. The largest absolute Gasteiger partial charge is 0.465 e. The first kappa shape index (κ1) is 26.7. The second-order valence-corrected chi connectivity index (χ2v) is 8.68. The summed E-state index contributed by atoms with van der Waals surface area (Å²) < 4.78 is 11.4. The van der Waals surface area contributed by atoms with Crippen molar-refractivity contribution in [2.24, 2.45) is 0 Å². The van der Waals surface area contributed by atoms with Gasteiger partial charge in [0.2, 0.25) is 0 Å². The lowest BCUT2D eigenvalue weighted by atomic mass is 10.1. The van der Waals surface area contributed by atoms with Gasteiger partial charge in [0.1, 0.15) is 0 Å². The zero-order valence-corrected chi connectivity index (χ0v) is 20.5. The molecule has 0 bridgehead atoms. The summed E-state index contributed by atoms with van der Waals surface area (Å²) in [5.74, 6) is -1.19. The summed E-state index contributed by atoms with van der Waals surface area (Å²) in [6, 6.07) is 3.20. The lowest BCUT2D eigenvalue weighted by Crippen LogP contribution is -2.26. The van der Waals surface area contributed by atoms with E-state index in [4.69, 9.17) is 9.15 Å². The van der Waals surface area contributed by atoms with Crippen LogP contribution in [0.3, 0.4) is 0 Å². The maximum atomic E-state index is 12.5. The molecule has 0 amide bonds. The summed E-state index contributed by atoms with van der Waals surface area (Å²) >= 11 is 0. The molecule has 2 aromatic rings. The molecule has 0 aliphatic carbocycles. The van der Waals surface area contributed by atoms with Gasteiger partial charge in [0.05, 0.1) is 29.3 Å². The van der Waals surface area contributed by atoms with Crippen molar-refractivity contribution in [2.45, 2.75) is 97.4 Å². The molecule has 1 heterocycles. The molecule has 0 unspecified atom stereocenters. The Morgan fingerprint density at radius 3 is 2.15 bits per heavy atom. The van der Waals surface area contributed by atoms with Gasteiger partial charge in [-0.15, -0.1) is 0 Å². The van der Waals surface area contributed by atoms with Gasteiger partial charge < -0.3 is 14.5 Å². The number of nitrogens with one attached hydrogen (secondary N) is 1. The highest BCUT2D eigenvalue weighted by molar-refractivity contribution is 6.00. The Hall–Kier alpha value is -2.57. The van der Waals surface area contributed by atoms with E-state index in [1.54, 1.807) is 6.07 Å². The Morgan fingerprint density at radius 1 is 0.909 bits per heavy atom. The second kappa shape index (κ2) is 14.6. The summed E-state index contributed by atoms with van der Waals surface area (Å²) in [5.41, 5.74) is 0.599. The predicted octanol–water partition coefficient (Wildman–Crippen LogP) is 5.87. The van der Waals surface area contributed by atoms with Crippen molar-refractivity contribution in [3.8, 4) is 0 Å². The molecular formula is C26H40N2O5. The van der Waals surface area contributed by atoms with Gasteiger partial charge in [-0.3, -0.25) is 4.57 Å². The predicted molar refractivity (Wildman–Crippen MR) is 133 cm³/mol. The number of carbonyl (C=O) groups is 1. The van der Waals surface area contributed by atoms with E-state index >= 15 is 0 Å². The molecule has 7 heteroatoms. The van der Waals surface area contributed by atoms with Gasteiger partial charge in [-0.05, 0) is 25.0 Å². The van der Waals surface area contributed by atoms with Crippen molar-refractivity contribution < 1.29 is 13.9 Å². The fourth-order valence-corrected chi connectivity index (χ4v) is 4.08. The van der Waals surface area contributed by atoms with Crippen molar-refractivity contribution in [3.05, 3.63) is 38.7 Å². The molecule has 7 nitrogen and oxygen atoms in total. The highest BCUT2D eigenvalue weighted by atomic mass is 16.5. The van der Waals surface area contributed by atoms with Crippen molar-refractivity contribution in [1.82, 2.24) is 4.57 Å². The number of hydrogen-bond donors (Lipinski definition) is 1. The molecule has 33 heavy (non-hydrogen) atoms. The summed E-state index contributed by atoms with van der Waals surface area (Å²) in [6.07, 6.45) is 13.5. The number of esters is 1. The van der Waals surface area contributed by atoms with E-state index in [0.29, 0.717) is 24.3 Å². The molecule has 1 N–H and O–H groups in total. The van der Waals surface area contributed by atoms with Gasteiger partial charge in [-0.1, -0.05) is 78.1 Å². The summed E-state index contributed by atoms with van der Waals surface area (Å²) in [6.45, 7) is 5.55. The van der Waals surface area contributed by atoms with Gasteiger partial charge >= 0.3 is 17.4 Å². The number of carbonyl (C=O) groups excluding carboxylic acids is 1. The molecule has 2 rings (SSSR count). The number of benzene rings is 1. The Kier molecular flexibility index (Phi) is 11.8. The zero-order chi connectivity index (χ0) is 24.1. The number of rotatable bonds is 16. The molecule has 0 radical (unpaired) electrons. The van der Waals surface area contributed by atoms with Crippen molar-refractivity contribution in [1.29, 1.82) is 0 Å². The van der Waals surface area contributed by atoms with E-state index in [1.807, 2.05) is 0 Å². The first-order chi connectivity index (χ1) is 16.0. The zero-order valence-electron chi connectivity index (χ0n) is 20.5. The van der Waals surface area contributed by atoms with E-state index in [-0.39, 0.29) is 10.9 Å². The van der Waals surface area contributed by atoms with Gasteiger partial charge in [0.25, 0.3) is 0 Å². The normalized spacial score (nSPS) is 11.1. The SMILES string of the molecule is CCCCCCCCNc1cc2c(cc1C(=O)OC)c(=O)oc(=O)n2CCCCCCCC. The molecule has 0 aliphatic heterocycles. The third-order valence-corrected chi connectivity index (χ3v) is 6.03. The Balaban J connectivity index is 2.24. The minimum Gasteiger partial charge on any atom is -0.465 e. The van der Waals surface area contributed by atoms with Crippen molar-refractivity contribution in [3.63, 3.8) is 0 Å². The highest BCUT2D eigenvalue weighted by Crippen LogP contribution is 2.23. The summed E-state index contributed by atoms with van der Waals surface area (Å²) in [7, 11) is 1.31. The third kappa shape index (κ3) is 8.06. The summed E-state index contributed by atoms with van der Waals surface area (Å²) in [5, 5.41) is 3.53. The molecule has 0 spiro atoms. The number of anilines is 1. The first-order valence-electron chi connectivity index (χ1n) is 12.6. The molecule has 0 fully saturated rings. The number of aromatic nitrogens is 1. The Morgan fingerprint density at radius 2 is 1.52 bits per heavy atom. The number of nitrogens with zero attached hydrogens (tertiary/aromatic N) is 1. The quantitative estimate of drug-likeness (QED) is 0.249. The van der Waals surface area contributed by atoms with E-state index in [2.05, 4.69) is 19.2 Å². The van der Waals surface area contributed by atoms with Crippen molar-refractivity contribution >= 4 is 22.6 Å². The van der Waals surface area contributed by atoms with Crippen LogP contribution in [0.15, 0.2) is 26.1 Å². The van der Waals surface area contributed by atoms with Crippen LogP contribution in [0.4, 0.5) is 5.69 Å². The lowest BCUT2D eigenvalue weighted by molar-refractivity contribution is 0.0602. The van der Waals surface area contributed by atoms with E-state index in [1.165, 1.54) is 62.7 Å². The van der Waals surface area contributed by atoms with Crippen LogP contribution in [-0.2, 0) is 11.3 Å². The average molecular weight is 461 g/mol. The van der Waals surface area contributed by atoms with Gasteiger partial charge in [-0.2, -0.15) is 0 Å². The van der Waals surface area contributed by atoms with Crippen LogP contribution in [0.2, 0.25) is 0 Å². The lowest BCUT2D eigenvalue weighted by Gasteiger charge is -2.14. The minimum absolute atomic E-state index is 0.214. The number of fused-ring (bicyclic) bond motifs is 1. The van der Waals surface area contributed by atoms with Gasteiger partial charge in [0.15, 0.2) is 0 Å². The number of ether oxygens (including phenoxy) is 1. The summed E-state index contributed by atoms with van der Waals surface area (Å²) in [4.78, 5) is 37.3. The Bertz CT molecular complexity index is 993. The van der Waals surface area contributed by atoms with Crippen LogP contribution in [0.25, 0.3) is 10.9 Å². The van der Waals surface area contributed by atoms with E-state index < -0.39 is 17.4 Å². The molecule has 0 saturated heterocycles. The monoisotopic (exact) mass is 460 g/mol. The fraction of sp³-hybridized carbons (Fsp3) is 0.654. The second-order valence-electron chi connectivity index (χ2n) is 8.68. The maximum absolute atomic E-state index is 12.5. The van der Waals surface area contributed by atoms with E-state index in [0.717, 1.165) is 32.1 Å². The van der Waals surface area contributed by atoms with Crippen LogP contribution in [-0.4, -0.2) is 24.2 Å². The number of unbranched alkanes of at least 4 members (excludes halogenated alkanes) is 10. The fourth-order valence-electron chi connectivity index (χ4n) is 4.08. The smallest absolute Gasteiger partial charge is 0.422 e. The number of methoxy groups -OCH3 is 1. The average Bonchev–Trinajstić information content (AvgIpc) is 2.81. The third-order valence-electron chi connectivity index (χ3n) is 6.03. The van der Waals surface area contributed by atoms with Crippen LogP contribution >= 0.6 is 0 Å². The standard InChI is InChI=1S/C26H40N2O5/c1-4-6-8-10-12-14-16-27-22-19-23-21(18-20(22)24(29)32-3)25(30)33-26(31)28(23)17-15-13-11-9-7-5-2/h18-19,27H,4-17H2,1-3H3. The van der Waals surface area contributed by atoms with Crippen LogP contribution in [0.5, 0.6) is 0 Å². The number of aryl methyl sites for hydroxylation is 1. The maximum Gasteiger partial charge on any atom is 0.422 e. The first-order valence-corrected chi connectivity index (χ1v) is 12.6. The van der Waals surface area contributed by atoms with Crippen LogP contribution < -0.4 is 16.7 Å². The van der Waals surface area contributed by atoms with Crippen molar-refractivity contribution in [2.75, 3.05) is 19.0 Å². The van der Waals surface area contributed by atoms with Crippen LogP contribution in [0.1, 0.15) is 101 Å². The highest BCUT2D eigenvalue weighted by Gasteiger charge is 2.18. The molecule has 0 saturated carbocycles. The molecule has 0 aliphatic rings. The Labute approximate surface area is 196 Å². The number of hydrogen-bond acceptors (Lipinski definition) is 6. The van der Waals surface area contributed by atoms with Crippen LogP contribution in [0, 0.1) is 0 Å². The molecule has 1 aromatic heterocycles. The van der Waals surface area contributed by atoms with Gasteiger partial charge in [0, 0.05) is 13.1 Å². The topological polar surface area (TPSA) is 90.5 Å².